The van der Waals surface area contributed by atoms with Crippen molar-refractivity contribution < 1.29 is 18.3 Å². The Morgan fingerprint density at radius 1 is 1.26 bits per heavy atom. The fourth-order valence-corrected chi connectivity index (χ4v) is 4.73. The second kappa shape index (κ2) is 6.05. The minimum atomic E-state index is -3.48. The Balaban J connectivity index is 2.18. The van der Waals surface area contributed by atoms with Crippen LogP contribution in [0.4, 0.5) is 0 Å². The molecule has 1 N–H and O–H groups in total. The van der Waals surface area contributed by atoms with Crippen LogP contribution in [0.15, 0.2) is 0 Å². The van der Waals surface area contributed by atoms with Gasteiger partial charge >= 0.3 is 0 Å². The largest absolute Gasteiger partial charge is 0.391 e. The Kier molecular flexibility index (Phi) is 4.84. The number of hydrogen-bond acceptors (Lipinski definition) is 4. The van der Waals surface area contributed by atoms with Crippen molar-refractivity contribution in [3.05, 3.63) is 0 Å². The maximum Gasteiger partial charge on any atom is 0.282 e. The highest BCUT2D eigenvalue weighted by Gasteiger charge is 2.42. The lowest BCUT2D eigenvalue weighted by molar-refractivity contribution is 0.00447. The standard InChI is InChI=1S/C12H24N2O4S/c1-3-11-12(15)10(2)4-5-14(11)19(16,17)13-6-8-18-9-7-13/h10-12,15H,3-9H2,1-2H3/t10-,11+,12+/m0/s1. The average molecular weight is 292 g/mol. The summed E-state index contributed by atoms with van der Waals surface area (Å²) in [7, 11) is -3.48. The van der Waals surface area contributed by atoms with E-state index in [1.54, 1.807) is 0 Å². The Morgan fingerprint density at radius 3 is 2.47 bits per heavy atom. The molecule has 0 aromatic carbocycles. The Morgan fingerprint density at radius 2 is 1.89 bits per heavy atom. The van der Waals surface area contributed by atoms with Crippen LogP contribution in [0.3, 0.4) is 0 Å². The normalized spacial score (nSPS) is 35.4. The molecule has 2 heterocycles. The molecular formula is C12H24N2O4S. The number of aliphatic hydroxyl groups excluding tert-OH is 1. The van der Waals surface area contributed by atoms with E-state index in [9.17, 15) is 13.5 Å². The van der Waals surface area contributed by atoms with E-state index in [1.165, 1.54) is 8.61 Å². The molecule has 112 valence electrons. The minimum absolute atomic E-state index is 0.154. The molecule has 19 heavy (non-hydrogen) atoms. The third-order valence-electron chi connectivity index (χ3n) is 4.16. The topological polar surface area (TPSA) is 70.1 Å². The Bertz CT molecular complexity index is 395. The van der Waals surface area contributed by atoms with E-state index in [1.807, 2.05) is 13.8 Å². The lowest BCUT2D eigenvalue weighted by Gasteiger charge is -2.43. The van der Waals surface area contributed by atoms with Crippen molar-refractivity contribution in [3.63, 3.8) is 0 Å². The second-order valence-corrected chi connectivity index (χ2v) is 7.24. The molecule has 0 saturated carbocycles. The molecule has 0 radical (unpaired) electrons. The van der Waals surface area contributed by atoms with Crippen molar-refractivity contribution >= 4 is 10.2 Å². The molecule has 2 fully saturated rings. The van der Waals surface area contributed by atoms with Crippen LogP contribution in [0, 0.1) is 5.92 Å². The number of morpholine rings is 1. The van der Waals surface area contributed by atoms with Crippen LogP contribution in [0.25, 0.3) is 0 Å². The third-order valence-corrected chi connectivity index (χ3v) is 6.23. The zero-order chi connectivity index (χ0) is 14.0. The first-order valence-corrected chi connectivity index (χ1v) is 8.41. The fraction of sp³-hybridized carbons (Fsp3) is 1.00. The van der Waals surface area contributed by atoms with Gasteiger partial charge in [0.15, 0.2) is 0 Å². The van der Waals surface area contributed by atoms with Crippen molar-refractivity contribution in [1.29, 1.82) is 0 Å². The van der Waals surface area contributed by atoms with Crippen LogP contribution in [0.1, 0.15) is 26.7 Å². The molecule has 0 bridgehead atoms. The van der Waals surface area contributed by atoms with Crippen LogP contribution >= 0.6 is 0 Å². The highest BCUT2D eigenvalue weighted by Crippen LogP contribution is 2.28. The van der Waals surface area contributed by atoms with Gasteiger partial charge in [0, 0.05) is 19.6 Å². The van der Waals surface area contributed by atoms with Gasteiger partial charge in [-0.3, -0.25) is 0 Å². The van der Waals surface area contributed by atoms with Crippen LogP contribution < -0.4 is 0 Å². The summed E-state index contributed by atoms with van der Waals surface area (Å²) in [6.45, 7) is 6.10. The van der Waals surface area contributed by atoms with Crippen LogP contribution in [0.2, 0.25) is 0 Å². The maximum absolute atomic E-state index is 12.6. The molecular weight excluding hydrogens is 268 g/mol. The smallest absolute Gasteiger partial charge is 0.282 e. The molecule has 0 aromatic rings. The number of rotatable bonds is 3. The van der Waals surface area contributed by atoms with Gasteiger partial charge in [0.05, 0.1) is 25.4 Å². The Hall–Kier alpha value is -0.210. The fourth-order valence-electron chi connectivity index (χ4n) is 2.87. The Labute approximate surface area is 115 Å². The van der Waals surface area contributed by atoms with Crippen LogP contribution in [0.5, 0.6) is 0 Å². The molecule has 2 aliphatic rings. The summed E-state index contributed by atoms with van der Waals surface area (Å²) in [5.41, 5.74) is 0. The van der Waals surface area contributed by atoms with Gasteiger partial charge in [0.2, 0.25) is 0 Å². The highest BCUT2D eigenvalue weighted by atomic mass is 32.2. The van der Waals surface area contributed by atoms with Gasteiger partial charge < -0.3 is 9.84 Å². The van der Waals surface area contributed by atoms with Gasteiger partial charge in [0.25, 0.3) is 10.2 Å². The summed E-state index contributed by atoms with van der Waals surface area (Å²) in [4.78, 5) is 0. The number of aliphatic hydroxyl groups is 1. The van der Waals surface area contributed by atoms with Gasteiger partial charge in [-0.05, 0) is 18.8 Å². The summed E-state index contributed by atoms with van der Waals surface area (Å²) in [6, 6.07) is -0.309. The van der Waals surface area contributed by atoms with E-state index in [-0.39, 0.29) is 12.0 Å². The van der Waals surface area contributed by atoms with E-state index >= 15 is 0 Å². The quantitative estimate of drug-likeness (QED) is 0.797. The maximum atomic E-state index is 12.6. The molecule has 3 atom stereocenters. The molecule has 0 spiro atoms. The number of hydrogen-bond donors (Lipinski definition) is 1. The van der Waals surface area contributed by atoms with Gasteiger partial charge in [-0.2, -0.15) is 17.0 Å². The molecule has 0 unspecified atom stereocenters. The molecule has 2 aliphatic heterocycles. The predicted molar refractivity (Wildman–Crippen MR) is 71.9 cm³/mol. The second-order valence-electron chi connectivity index (χ2n) is 5.36. The zero-order valence-corrected chi connectivity index (χ0v) is 12.5. The zero-order valence-electron chi connectivity index (χ0n) is 11.7. The molecule has 0 aliphatic carbocycles. The molecule has 0 amide bonds. The first kappa shape index (κ1) is 15.2. The summed E-state index contributed by atoms with van der Waals surface area (Å²) in [5.74, 6) is 0.154. The van der Waals surface area contributed by atoms with Crippen LogP contribution in [-0.2, 0) is 14.9 Å². The molecule has 0 aromatic heterocycles. The number of piperidine rings is 1. The summed E-state index contributed by atoms with van der Waals surface area (Å²) in [5, 5.41) is 10.2. The predicted octanol–water partition coefficient (Wildman–Crippen LogP) is 0.0447. The van der Waals surface area contributed by atoms with E-state index in [4.69, 9.17) is 4.74 Å². The van der Waals surface area contributed by atoms with E-state index in [0.29, 0.717) is 45.7 Å². The van der Waals surface area contributed by atoms with Crippen molar-refractivity contribution in [2.45, 2.75) is 38.8 Å². The monoisotopic (exact) mass is 292 g/mol. The third kappa shape index (κ3) is 2.95. The first-order chi connectivity index (χ1) is 8.98. The van der Waals surface area contributed by atoms with Crippen molar-refractivity contribution in [2.24, 2.45) is 5.92 Å². The lowest BCUT2D eigenvalue weighted by atomic mass is 9.90. The van der Waals surface area contributed by atoms with Crippen molar-refractivity contribution in [1.82, 2.24) is 8.61 Å². The van der Waals surface area contributed by atoms with Gasteiger partial charge in [0.1, 0.15) is 0 Å². The van der Waals surface area contributed by atoms with E-state index in [0.717, 1.165) is 0 Å². The molecule has 2 rings (SSSR count). The minimum Gasteiger partial charge on any atom is -0.391 e. The molecule has 6 nitrogen and oxygen atoms in total. The summed E-state index contributed by atoms with van der Waals surface area (Å²) in [6.07, 6.45) is 0.769. The lowest BCUT2D eigenvalue weighted by Crippen LogP contribution is -2.58. The van der Waals surface area contributed by atoms with E-state index < -0.39 is 16.3 Å². The van der Waals surface area contributed by atoms with Crippen molar-refractivity contribution in [3.8, 4) is 0 Å². The molecule has 2 saturated heterocycles. The first-order valence-electron chi connectivity index (χ1n) is 7.01. The number of ether oxygens (including phenoxy) is 1. The highest BCUT2D eigenvalue weighted by molar-refractivity contribution is 7.86. The van der Waals surface area contributed by atoms with Crippen molar-refractivity contribution in [2.75, 3.05) is 32.8 Å². The average Bonchev–Trinajstić information content (AvgIpc) is 2.42. The summed E-state index contributed by atoms with van der Waals surface area (Å²) < 4.78 is 33.5. The SMILES string of the molecule is CC[C@@H]1[C@H](O)[C@@H](C)CCN1S(=O)(=O)N1CCOCC1. The number of nitrogens with zero attached hydrogens (tertiary/aromatic N) is 2. The summed E-state index contributed by atoms with van der Waals surface area (Å²) >= 11 is 0. The van der Waals surface area contributed by atoms with Gasteiger partial charge in [-0.15, -0.1) is 0 Å². The molecule has 7 heteroatoms. The van der Waals surface area contributed by atoms with Crippen LogP contribution in [-0.4, -0.2) is 67.1 Å². The van der Waals surface area contributed by atoms with Gasteiger partial charge in [-0.1, -0.05) is 13.8 Å². The van der Waals surface area contributed by atoms with E-state index in [2.05, 4.69) is 0 Å². The van der Waals surface area contributed by atoms with Gasteiger partial charge in [-0.25, -0.2) is 0 Å².